The molecule has 0 radical (unpaired) electrons. The summed E-state index contributed by atoms with van der Waals surface area (Å²) in [5, 5.41) is 23.7. The molecule has 53 heavy (non-hydrogen) atoms. The number of rotatable bonds is 10. The summed E-state index contributed by atoms with van der Waals surface area (Å²) in [6.45, 7) is 24.8. The summed E-state index contributed by atoms with van der Waals surface area (Å²) < 4.78 is 31.2. The van der Waals surface area contributed by atoms with Crippen LogP contribution in [0.4, 0.5) is 0 Å². The second kappa shape index (κ2) is 13.4. The van der Waals surface area contributed by atoms with Gasteiger partial charge in [0.2, 0.25) is 0 Å². The standard InChI is InChI=1S/C43H72N2O8/c1-26-20-29(37(39(5,6)48)51-27(2)46)52-35-34(26)40(7)14-15-43-25-42(43)13-12-32(38(3,4)30(42)10-11-31(43)41(40,8)36(35)47)53-33-24-45(17-19-50-33)23-28-21-44(22-28)16-18-49-9/h26,28-37,47-48H,10-25H2,1-9H3/t26-,29-,30+,31+,32+,33+,34+,35+,36+,37+,40-,41-,42?,43+/m1/s1. The fourth-order valence-electron chi connectivity index (χ4n) is 15.3. The van der Waals surface area contributed by atoms with Gasteiger partial charge in [0.25, 0.3) is 0 Å². The van der Waals surface area contributed by atoms with E-state index in [0.29, 0.717) is 23.7 Å². The van der Waals surface area contributed by atoms with Gasteiger partial charge >= 0.3 is 5.97 Å². The number of aliphatic hydroxyl groups excluding tert-OH is 1. The molecule has 3 heterocycles. The molecule has 2 N–H and O–H groups in total. The van der Waals surface area contributed by atoms with Crippen LogP contribution in [0.3, 0.4) is 0 Å². The van der Waals surface area contributed by atoms with Crippen LogP contribution in [0.2, 0.25) is 0 Å². The maximum absolute atomic E-state index is 12.6. The Bertz CT molecular complexity index is 1380. The Morgan fingerprint density at radius 2 is 1.72 bits per heavy atom. The van der Waals surface area contributed by atoms with Crippen molar-refractivity contribution in [2.75, 3.05) is 59.6 Å². The monoisotopic (exact) mass is 745 g/mol. The van der Waals surface area contributed by atoms with Gasteiger partial charge in [0.1, 0.15) is 0 Å². The summed E-state index contributed by atoms with van der Waals surface area (Å²) in [5.74, 6) is 1.84. The number of ether oxygens (including phenoxy) is 5. The van der Waals surface area contributed by atoms with Crippen LogP contribution in [0.15, 0.2) is 0 Å². The molecule has 1 unspecified atom stereocenters. The van der Waals surface area contributed by atoms with Crippen LogP contribution in [0.1, 0.15) is 107 Å². The minimum absolute atomic E-state index is 0.0474. The lowest BCUT2D eigenvalue weighted by Crippen LogP contribution is -2.60. The van der Waals surface area contributed by atoms with Gasteiger partial charge in [0.05, 0.1) is 43.2 Å². The SMILES string of the molecule is COCCN1CC(CN2CCO[C@@H](O[C@H]3CCC45C[C@]46CC[C@]4(C)[C@@H]7[C@H](O[C@@H]([C@H](OC(C)=O)C(C)(C)O)C[C@H]7C)[C@H](O)[C@@]4(C)[C@@H]6CC[C@H]5C3(C)C)C2)C1. The van der Waals surface area contributed by atoms with Crippen LogP contribution >= 0.6 is 0 Å². The van der Waals surface area contributed by atoms with Gasteiger partial charge in [-0.1, -0.05) is 34.6 Å². The van der Waals surface area contributed by atoms with Gasteiger partial charge in [-0.15, -0.1) is 0 Å². The summed E-state index contributed by atoms with van der Waals surface area (Å²) in [7, 11) is 1.78. The van der Waals surface area contributed by atoms with E-state index < -0.39 is 29.9 Å². The molecule has 2 spiro atoms. The highest BCUT2D eigenvalue weighted by Gasteiger charge is 2.84. The van der Waals surface area contributed by atoms with E-state index in [1.165, 1.54) is 32.6 Å². The average molecular weight is 745 g/mol. The number of hydrogen-bond donors (Lipinski definition) is 2. The molecule has 14 atom stereocenters. The Morgan fingerprint density at radius 1 is 1.00 bits per heavy atom. The van der Waals surface area contributed by atoms with E-state index in [-0.39, 0.29) is 52.0 Å². The van der Waals surface area contributed by atoms with Gasteiger partial charge in [-0.2, -0.15) is 0 Å². The number of nitrogens with zero attached hydrogens (tertiary/aromatic N) is 2. The van der Waals surface area contributed by atoms with Crippen molar-refractivity contribution in [2.45, 2.75) is 149 Å². The Balaban J connectivity index is 0.957. The molecule has 10 nitrogen and oxygen atoms in total. The first-order chi connectivity index (χ1) is 24.9. The zero-order valence-corrected chi connectivity index (χ0v) is 34.4. The normalized spacial score (nSPS) is 48.7. The van der Waals surface area contributed by atoms with Crippen molar-refractivity contribution < 1.29 is 38.7 Å². The van der Waals surface area contributed by atoms with Crippen molar-refractivity contribution in [3.8, 4) is 0 Å². The highest BCUT2D eigenvalue weighted by atomic mass is 16.7. The summed E-state index contributed by atoms with van der Waals surface area (Å²) >= 11 is 0. The highest BCUT2D eigenvalue weighted by Crippen LogP contribution is 2.89. The number of aliphatic hydroxyl groups is 2. The zero-order valence-electron chi connectivity index (χ0n) is 34.4. The van der Waals surface area contributed by atoms with E-state index in [1.807, 2.05) is 0 Å². The molecule has 8 fully saturated rings. The summed E-state index contributed by atoms with van der Waals surface area (Å²) in [6.07, 6.45) is 6.77. The van der Waals surface area contributed by atoms with E-state index in [9.17, 15) is 15.0 Å². The number of fused-ring (bicyclic) bond motifs is 4. The third kappa shape index (κ3) is 5.86. The second-order valence-corrected chi connectivity index (χ2v) is 21.0. The molecule has 302 valence electrons. The molecule has 5 aliphatic carbocycles. The van der Waals surface area contributed by atoms with Crippen molar-refractivity contribution in [1.82, 2.24) is 9.80 Å². The fourth-order valence-corrected chi connectivity index (χ4v) is 15.3. The van der Waals surface area contributed by atoms with Gasteiger partial charge in [0.15, 0.2) is 12.4 Å². The quantitative estimate of drug-likeness (QED) is 0.293. The number of methoxy groups -OCH3 is 1. The number of carbonyl (C=O) groups is 1. The third-order valence-electron chi connectivity index (χ3n) is 17.7. The molecule has 10 heteroatoms. The Kier molecular flexibility index (Phi) is 9.83. The molecule has 5 saturated carbocycles. The maximum Gasteiger partial charge on any atom is 0.303 e. The average Bonchev–Trinajstić information content (AvgIpc) is 3.70. The predicted octanol–water partition coefficient (Wildman–Crippen LogP) is 5.12. The largest absolute Gasteiger partial charge is 0.457 e. The van der Waals surface area contributed by atoms with E-state index in [0.717, 1.165) is 77.7 Å². The Morgan fingerprint density at radius 3 is 2.42 bits per heavy atom. The van der Waals surface area contributed by atoms with E-state index in [4.69, 9.17) is 23.7 Å². The first-order valence-corrected chi connectivity index (χ1v) is 21.3. The molecule has 3 aliphatic heterocycles. The van der Waals surface area contributed by atoms with Crippen LogP contribution < -0.4 is 0 Å². The lowest BCUT2D eigenvalue weighted by molar-refractivity contribution is -0.249. The molecular weight excluding hydrogens is 672 g/mol. The van der Waals surface area contributed by atoms with Crippen molar-refractivity contribution in [1.29, 1.82) is 0 Å². The van der Waals surface area contributed by atoms with Gasteiger partial charge in [-0.3, -0.25) is 9.69 Å². The first-order valence-electron chi connectivity index (χ1n) is 21.3. The predicted molar refractivity (Wildman–Crippen MR) is 201 cm³/mol. The topological polar surface area (TPSA) is 110 Å². The smallest absolute Gasteiger partial charge is 0.303 e. The second-order valence-electron chi connectivity index (χ2n) is 21.0. The Hall–Kier alpha value is -0.850. The van der Waals surface area contributed by atoms with Gasteiger partial charge < -0.3 is 38.8 Å². The van der Waals surface area contributed by atoms with Crippen molar-refractivity contribution in [2.24, 2.45) is 56.7 Å². The minimum Gasteiger partial charge on any atom is -0.457 e. The summed E-state index contributed by atoms with van der Waals surface area (Å²) in [6, 6.07) is 0. The molecule has 0 aromatic carbocycles. The van der Waals surface area contributed by atoms with Crippen LogP contribution in [-0.2, 0) is 28.5 Å². The summed E-state index contributed by atoms with van der Waals surface area (Å²) in [5.41, 5.74) is -0.966. The number of hydrogen-bond acceptors (Lipinski definition) is 10. The number of morpholine rings is 1. The third-order valence-corrected chi connectivity index (χ3v) is 17.7. The molecule has 0 aromatic rings. The molecule has 0 amide bonds. The van der Waals surface area contributed by atoms with Gasteiger partial charge in [-0.05, 0) is 116 Å². The molecule has 8 aliphatic rings. The highest BCUT2D eigenvalue weighted by molar-refractivity contribution is 5.66. The van der Waals surface area contributed by atoms with E-state index in [2.05, 4.69) is 44.4 Å². The number of esters is 1. The van der Waals surface area contributed by atoms with Crippen LogP contribution in [0, 0.1) is 56.7 Å². The molecule has 3 saturated heterocycles. The lowest BCUT2D eigenvalue weighted by Gasteiger charge is -2.64. The number of carbonyl (C=O) groups excluding carboxylic acids is 1. The van der Waals surface area contributed by atoms with Crippen LogP contribution in [0.25, 0.3) is 0 Å². The van der Waals surface area contributed by atoms with E-state index in [1.54, 1.807) is 21.0 Å². The van der Waals surface area contributed by atoms with Gasteiger partial charge in [-0.25, -0.2) is 0 Å². The molecule has 8 rings (SSSR count). The zero-order chi connectivity index (χ0) is 37.9. The van der Waals surface area contributed by atoms with E-state index >= 15 is 0 Å². The minimum atomic E-state index is -1.25. The summed E-state index contributed by atoms with van der Waals surface area (Å²) in [4.78, 5) is 17.2. The Labute approximate surface area is 319 Å². The van der Waals surface area contributed by atoms with Gasteiger partial charge in [0, 0.05) is 58.7 Å². The number of likely N-dealkylation sites (tertiary alicyclic amines) is 1. The van der Waals surface area contributed by atoms with Crippen molar-refractivity contribution in [3.63, 3.8) is 0 Å². The molecule has 0 aromatic heterocycles. The maximum atomic E-state index is 12.6. The fraction of sp³-hybridized carbons (Fsp3) is 0.977. The lowest BCUT2D eigenvalue weighted by atomic mass is 9.41. The molecule has 0 bridgehead atoms. The van der Waals surface area contributed by atoms with Crippen molar-refractivity contribution >= 4 is 5.97 Å². The van der Waals surface area contributed by atoms with Crippen LogP contribution in [0.5, 0.6) is 0 Å². The van der Waals surface area contributed by atoms with Crippen molar-refractivity contribution in [3.05, 3.63) is 0 Å². The first kappa shape index (κ1) is 39.0. The molecular formula is C43H72N2O8. The van der Waals surface area contributed by atoms with Crippen LogP contribution in [-0.4, -0.2) is 128 Å².